The van der Waals surface area contributed by atoms with Crippen LogP contribution >= 0.6 is 0 Å². The summed E-state index contributed by atoms with van der Waals surface area (Å²) < 4.78 is 2.40. The van der Waals surface area contributed by atoms with Crippen molar-refractivity contribution in [1.29, 1.82) is 0 Å². The first-order chi connectivity index (χ1) is 31.2. The Morgan fingerprint density at radius 3 is 1.65 bits per heavy atom. The molecule has 13 rings (SSSR count). The molecule has 292 valence electrons. The van der Waals surface area contributed by atoms with Crippen LogP contribution in [0.15, 0.2) is 224 Å². The van der Waals surface area contributed by atoms with Crippen molar-refractivity contribution >= 4 is 75.8 Å². The van der Waals surface area contributed by atoms with Gasteiger partial charge in [0, 0.05) is 21.7 Å². The first-order valence-electron chi connectivity index (χ1n) is 21.6. The lowest BCUT2D eigenvalue weighted by Crippen LogP contribution is -2.03. The van der Waals surface area contributed by atoms with E-state index in [-0.39, 0.29) is 0 Å². The van der Waals surface area contributed by atoms with Gasteiger partial charge in [0.05, 0.1) is 16.6 Å². The number of rotatable bonds is 5. The second-order valence-electron chi connectivity index (χ2n) is 16.6. The van der Waals surface area contributed by atoms with Crippen molar-refractivity contribution in [2.75, 3.05) is 0 Å². The highest BCUT2D eigenvalue weighted by Gasteiger charge is 2.23. The average Bonchev–Trinajstić information content (AvgIpc) is 3.68. The fourth-order valence-corrected chi connectivity index (χ4v) is 9.89. The highest BCUT2D eigenvalue weighted by molar-refractivity contribution is 6.20. The molecule has 13 aromatic rings. The maximum Gasteiger partial charge on any atom is 0.162 e. The van der Waals surface area contributed by atoms with E-state index in [1.54, 1.807) is 0 Å². The second-order valence-corrected chi connectivity index (χ2v) is 16.6. The van der Waals surface area contributed by atoms with Crippen LogP contribution in [0.2, 0.25) is 0 Å². The van der Waals surface area contributed by atoms with Gasteiger partial charge >= 0.3 is 0 Å². The number of fused-ring (bicyclic) bond motifs is 9. The minimum Gasteiger partial charge on any atom is -0.293 e. The highest BCUT2D eigenvalue weighted by Crippen LogP contribution is 2.44. The molecule has 0 fully saturated rings. The molecule has 0 spiro atoms. The van der Waals surface area contributed by atoms with Crippen molar-refractivity contribution in [3.63, 3.8) is 0 Å². The van der Waals surface area contributed by atoms with E-state index in [2.05, 4.69) is 223 Å². The number of benzene rings is 11. The molecular weight excluding hydrogens is 763 g/mol. The number of hydrogen-bond acceptors (Lipinski definition) is 2. The largest absolute Gasteiger partial charge is 0.293 e. The third kappa shape index (κ3) is 5.75. The lowest BCUT2D eigenvalue weighted by atomic mass is 9.91. The molecule has 2 heterocycles. The Labute approximate surface area is 363 Å². The van der Waals surface area contributed by atoms with Crippen molar-refractivity contribution < 1.29 is 0 Å². The maximum absolute atomic E-state index is 5.61. The molecule has 3 nitrogen and oxygen atoms in total. The molecule has 63 heavy (non-hydrogen) atoms. The molecule has 0 aliphatic carbocycles. The van der Waals surface area contributed by atoms with E-state index in [0.717, 1.165) is 55.6 Å². The van der Waals surface area contributed by atoms with Gasteiger partial charge in [-0.25, -0.2) is 9.97 Å². The third-order valence-corrected chi connectivity index (χ3v) is 12.9. The summed E-state index contributed by atoms with van der Waals surface area (Å²) in [7, 11) is 0. The second kappa shape index (κ2) is 14.1. The van der Waals surface area contributed by atoms with Gasteiger partial charge in [-0.3, -0.25) is 4.57 Å². The van der Waals surface area contributed by atoms with Crippen molar-refractivity contribution in [2.45, 2.75) is 0 Å². The van der Waals surface area contributed by atoms with E-state index in [4.69, 9.17) is 9.97 Å². The zero-order valence-corrected chi connectivity index (χ0v) is 34.2. The van der Waals surface area contributed by atoms with E-state index < -0.39 is 0 Å². The van der Waals surface area contributed by atoms with E-state index >= 15 is 0 Å². The van der Waals surface area contributed by atoms with Crippen molar-refractivity contribution in [3.8, 4) is 50.6 Å². The molecule has 0 saturated heterocycles. The van der Waals surface area contributed by atoms with Gasteiger partial charge < -0.3 is 0 Å². The Balaban J connectivity index is 1.16. The van der Waals surface area contributed by atoms with Crippen molar-refractivity contribution in [2.24, 2.45) is 0 Å². The van der Waals surface area contributed by atoms with Crippen LogP contribution in [0.5, 0.6) is 0 Å². The molecule has 0 radical (unpaired) electrons. The summed E-state index contributed by atoms with van der Waals surface area (Å²) in [5.41, 5.74) is 11.0. The Bertz CT molecular complexity index is 3960. The lowest BCUT2D eigenvalue weighted by Gasteiger charge is -2.17. The van der Waals surface area contributed by atoms with Gasteiger partial charge in [0.15, 0.2) is 5.82 Å². The van der Waals surface area contributed by atoms with Crippen LogP contribution in [0.25, 0.3) is 126 Å². The summed E-state index contributed by atoms with van der Waals surface area (Å²) >= 11 is 0. The summed E-state index contributed by atoms with van der Waals surface area (Å²) in [6.07, 6.45) is 0. The highest BCUT2D eigenvalue weighted by atomic mass is 15.1. The standard InChI is InChI=1S/C60H37N3/c1-3-15-39(16-4-1)52-37-55-53(36-51(52)46-30-26-38-14-7-8-20-43(38)32-46)60(62-59(61-55)42-18-5-2-6-19-42)63-56-25-13-24-49(58(56)54-33-44-21-9-10-22-45(44)35-57(54)63)47-31-29-41-28-27-40-17-11-12-23-48(40)50(41)34-47/h1-37H. The molecule has 0 bridgehead atoms. The van der Waals surface area contributed by atoms with Crippen molar-refractivity contribution in [3.05, 3.63) is 224 Å². The van der Waals surface area contributed by atoms with Crippen LogP contribution in [-0.4, -0.2) is 14.5 Å². The monoisotopic (exact) mass is 799 g/mol. The SMILES string of the molecule is c1ccc(-c2nc(-n3c4cc5ccccc5cc4c4c(-c5ccc6ccc7ccccc7c6c5)cccc43)c3cc(-c4ccc5ccccc5c4)c(-c4ccccc4)cc3n2)cc1. The van der Waals surface area contributed by atoms with Gasteiger partial charge in [-0.05, 0) is 119 Å². The van der Waals surface area contributed by atoms with Crippen LogP contribution in [-0.2, 0) is 0 Å². The zero-order valence-electron chi connectivity index (χ0n) is 34.2. The molecule has 0 unspecified atom stereocenters. The molecule has 0 aliphatic rings. The summed E-state index contributed by atoms with van der Waals surface area (Å²) in [5, 5.41) is 13.1. The smallest absolute Gasteiger partial charge is 0.162 e. The quantitative estimate of drug-likeness (QED) is 0.162. The predicted molar refractivity (Wildman–Crippen MR) is 266 cm³/mol. The van der Waals surface area contributed by atoms with Gasteiger partial charge in [0.2, 0.25) is 0 Å². The molecular formula is C60H37N3. The molecule has 0 saturated carbocycles. The molecule has 0 N–H and O–H groups in total. The Hall–Kier alpha value is -8.40. The summed E-state index contributed by atoms with van der Waals surface area (Å²) in [6.45, 7) is 0. The molecule has 11 aromatic carbocycles. The predicted octanol–water partition coefficient (Wildman–Crippen LogP) is 16.0. The Morgan fingerprint density at radius 2 is 0.873 bits per heavy atom. The zero-order chi connectivity index (χ0) is 41.4. The number of hydrogen-bond donors (Lipinski definition) is 0. The van der Waals surface area contributed by atoms with Crippen LogP contribution in [0, 0.1) is 0 Å². The summed E-state index contributed by atoms with van der Waals surface area (Å²) in [4.78, 5) is 11.0. The van der Waals surface area contributed by atoms with Crippen LogP contribution < -0.4 is 0 Å². The van der Waals surface area contributed by atoms with Gasteiger partial charge in [-0.15, -0.1) is 0 Å². The fraction of sp³-hybridized carbons (Fsp3) is 0. The third-order valence-electron chi connectivity index (χ3n) is 12.9. The summed E-state index contributed by atoms with van der Waals surface area (Å²) in [6, 6.07) is 81.3. The topological polar surface area (TPSA) is 30.7 Å². The molecule has 3 heteroatoms. The van der Waals surface area contributed by atoms with Crippen molar-refractivity contribution in [1.82, 2.24) is 14.5 Å². The van der Waals surface area contributed by atoms with E-state index in [1.165, 1.54) is 65.0 Å². The molecule has 0 amide bonds. The van der Waals surface area contributed by atoms with Gasteiger partial charge in [-0.2, -0.15) is 0 Å². The van der Waals surface area contributed by atoms with Crippen LogP contribution in [0.1, 0.15) is 0 Å². The number of nitrogens with zero attached hydrogens (tertiary/aromatic N) is 3. The first-order valence-corrected chi connectivity index (χ1v) is 21.6. The Kier molecular flexibility index (Phi) is 7.91. The normalized spacial score (nSPS) is 11.8. The maximum atomic E-state index is 5.61. The Morgan fingerprint density at radius 1 is 0.286 bits per heavy atom. The van der Waals surface area contributed by atoms with E-state index in [9.17, 15) is 0 Å². The fourth-order valence-electron chi connectivity index (χ4n) is 9.89. The van der Waals surface area contributed by atoms with E-state index in [1.807, 2.05) is 6.07 Å². The molecule has 0 aliphatic heterocycles. The first kappa shape index (κ1) is 35.4. The van der Waals surface area contributed by atoms with Gasteiger partial charge in [0.25, 0.3) is 0 Å². The minimum atomic E-state index is 0.684. The molecule has 2 aromatic heterocycles. The van der Waals surface area contributed by atoms with Gasteiger partial charge in [0.1, 0.15) is 5.82 Å². The number of aromatic nitrogens is 3. The van der Waals surface area contributed by atoms with E-state index in [0.29, 0.717) is 5.82 Å². The van der Waals surface area contributed by atoms with Gasteiger partial charge in [-0.1, -0.05) is 182 Å². The average molecular weight is 800 g/mol. The summed E-state index contributed by atoms with van der Waals surface area (Å²) in [5.74, 6) is 1.53. The van der Waals surface area contributed by atoms with Crippen LogP contribution in [0.4, 0.5) is 0 Å². The molecule has 0 atom stereocenters. The minimum absolute atomic E-state index is 0.684. The van der Waals surface area contributed by atoms with Crippen LogP contribution in [0.3, 0.4) is 0 Å². The lowest BCUT2D eigenvalue weighted by molar-refractivity contribution is 1.08.